The first-order chi connectivity index (χ1) is 9.79. The molecule has 1 aliphatic heterocycles. The van der Waals surface area contributed by atoms with Crippen molar-refractivity contribution in [2.45, 2.75) is 16.0 Å². The maximum absolute atomic E-state index is 12.5. The van der Waals surface area contributed by atoms with Gasteiger partial charge in [0.05, 0.1) is 18.0 Å². The molecular formula is C14H14N2O2S2. The highest BCUT2D eigenvalue weighted by Gasteiger charge is 2.34. The second-order valence-electron chi connectivity index (χ2n) is 4.35. The van der Waals surface area contributed by atoms with Crippen LogP contribution in [0.1, 0.15) is 6.42 Å². The van der Waals surface area contributed by atoms with Crippen molar-refractivity contribution < 1.29 is 9.53 Å². The smallest absolute Gasteiger partial charge is 0.240 e. The monoisotopic (exact) mass is 306 g/mol. The van der Waals surface area contributed by atoms with Crippen molar-refractivity contribution in [2.75, 3.05) is 18.6 Å². The van der Waals surface area contributed by atoms with E-state index in [0.717, 1.165) is 28.7 Å². The van der Waals surface area contributed by atoms with Crippen molar-refractivity contribution in [2.24, 2.45) is 0 Å². The van der Waals surface area contributed by atoms with Crippen molar-refractivity contribution in [3.63, 3.8) is 0 Å². The van der Waals surface area contributed by atoms with Gasteiger partial charge in [-0.25, -0.2) is 4.98 Å². The number of thiazole rings is 1. The molecule has 1 fully saturated rings. The van der Waals surface area contributed by atoms with Gasteiger partial charge in [-0.2, -0.15) is 0 Å². The Kier molecular flexibility index (Phi) is 3.93. The van der Waals surface area contributed by atoms with Crippen molar-refractivity contribution in [3.05, 3.63) is 35.8 Å². The third kappa shape index (κ3) is 2.53. The lowest BCUT2D eigenvalue weighted by atomic mass is 10.2. The molecule has 20 heavy (non-hydrogen) atoms. The SMILES string of the molecule is COc1ccccc1N1CCC(Sc2nccs2)C1=O. The number of ether oxygens (including phenoxy) is 1. The molecule has 4 nitrogen and oxygen atoms in total. The summed E-state index contributed by atoms with van der Waals surface area (Å²) in [6, 6.07) is 7.63. The molecule has 1 unspecified atom stereocenters. The lowest BCUT2D eigenvalue weighted by Gasteiger charge is -2.19. The Morgan fingerprint density at radius 2 is 2.30 bits per heavy atom. The number of hydrogen-bond donors (Lipinski definition) is 0. The summed E-state index contributed by atoms with van der Waals surface area (Å²) >= 11 is 3.13. The van der Waals surface area contributed by atoms with Crippen molar-refractivity contribution >= 4 is 34.7 Å². The van der Waals surface area contributed by atoms with Crippen LogP contribution in [-0.4, -0.2) is 29.8 Å². The number of carbonyl (C=O) groups is 1. The molecule has 2 aromatic rings. The van der Waals surface area contributed by atoms with Crippen molar-refractivity contribution in [3.8, 4) is 5.75 Å². The maximum atomic E-state index is 12.5. The van der Waals surface area contributed by atoms with Gasteiger partial charge in [0.1, 0.15) is 5.75 Å². The average molecular weight is 306 g/mol. The number of methoxy groups -OCH3 is 1. The van der Waals surface area contributed by atoms with E-state index in [4.69, 9.17) is 4.74 Å². The fraction of sp³-hybridized carbons (Fsp3) is 0.286. The van der Waals surface area contributed by atoms with Crippen LogP contribution in [0, 0.1) is 0 Å². The molecule has 0 aliphatic carbocycles. The predicted molar refractivity (Wildman–Crippen MR) is 81.7 cm³/mol. The number of benzene rings is 1. The molecule has 1 aliphatic rings. The second kappa shape index (κ2) is 5.85. The van der Waals surface area contributed by atoms with Gasteiger partial charge in [0, 0.05) is 18.1 Å². The zero-order valence-electron chi connectivity index (χ0n) is 11.0. The predicted octanol–water partition coefficient (Wildman–Crippen LogP) is 3.05. The maximum Gasteiger partial charge on any atom is 0.240 e. The minimum absolute atomic E-state index is 0.0499. The number of anilines is 1. The summed E-state index contributed by atoms with van der Waals surface area (Å²) in [5.74, 6) is 0.871. The fourth-order valence-electron chi connectivity index (χ4n) is 2.25. The first kappa shape index (κ1) is 13.5. The van der Waals surface area contributed by atoms with Gasteiger partial charge in [0.2, 0.25) is 5.91 Å². The van der Waals surface area contributed by atoms with Gasteiger partial charge in [-0.05, 0) is 18.6 Å². The molecule has 1 amide bonds. The molecule has 0 spiro atoms. The molecular weight excluding hydrogens is 292 g/mol. The van der Waals surface area contributed by atoms with Crippen LogP contribution in [0.25, 0.3) is 0 Å². The van der Waals surface area contributed by atoms with Crippen molar-refractivity contribution in [1.29, 1.82) is 0 Å². The lowest BCUT2D eigenvalue weighted by Crippen LogP contribution is -2.28. The van der Waals surface area contributed by atoms with Gasteiger partial charge in [0.15, 0.2) is 4.34 Å². The minimum atomic E-state index is -0.0499. The van der Waals surface area contributed by atoms with Gasteiger partial charge in [-0.15, -0.1) is 11.3 Å². The topological polar surface area (TPSA) is 42.4 Å². The molecule has 2 heterocycles. The molecule has 3 rings (SSSR count). The third-order valence-electron chi connectivity index (χ3n) is 3.19. The Morgan fingerprint density at radius 1 is 1.45 bits per heavy atom. The van der Waals surface area contributed by atoms with Crippen LogP contribution in [0.2, 0.25) is 0 Å². The Hall–Kier alpha value is -1.53. The van der Waals surface area contributed by atoms with E-state index < -0.39 is 0 Å². The molecule has 1 aromatic heterocycles. The normalized spacial score (nSPS) is 18.6. The van der Waals surface area contributed by atoms with E-state index >= 15 is 0 Å². The van der Waals surface area contributed by atoms with Crippen molar-refractivity contribution in [1.82, 2.24) is 4.98 Å². The minimum Gasteiger partial charge on any atom is -0.495 e. The van der Waals surface area contributed by atoms with E-state index in [2.05, 4.69) is 4.98 Å². The van der Waals surface area contributed by atoms with Crippen LogP contribution >= 0.6 is 23.1 Å². The number of hydrogen-bond acceptors (Lipinski definition) is 5. The van der Waals surface area contributed by atoms with Crippen LogP contribution in [-0.2, 0) is 4.79 Å². The summed E-state index contributed by atoms with van der Waals surface area (Å²) in [4.78, 5) is 18.6. The third-order valence-corrected chi connectivity index (χ3v) is 5.36. The average Bonchev–Trinajstić information content (AvgIpc) is 3.11. The summed E-state index contributed by atoms with van der Waals surface area (Å²) in [5, 5.41) is 1.88. The highest BCUT2D eigenvalue weighted by Crippen LogP contribution is 2.37. The Morgan fingerprint density at radius 3 is 3.05 bits per heavy atom. The van der Waals surface area contributed by atoms with Crippen LogP contribution in [0.4, 0.5) is 5.69 Å². The number of amides is 1. The van der Waals surface area contributed by atoms with E-state index in [1.807, 2.05) is 34.5 Å². The molecule has 1 aromatic carbocycles. The standard InChI is InChI=1S/C14H14N2O2S2/c1-18-11-5-3-2-4-10(11)16-8-6-12(13(16)17)20-14-15-7-9-19-14/h2-5,7,9,12H,6,8H2,1H3. The summed E-state index contributed by atoms with van der Waals surface area (Å²) in [6.45, 7) is 0.724. The lowest BCUT2D eigenvalue weighted by molar-refractivity contribution is -0.116. The van der Waals surface area contributed by atoms with Gasteiger partial charge in [-0.1, -0.05) is 23.9 Å². The van der Waals surface area contributed by atoms with Gasteiger partial charge in [-0.3, -0.25) is 4.79 Å². The number of aromatic nitrogens is 1. The molecule has 1 saturated heterocycles. The second-order valence-corrected chi connectivity index (χ2v) is 6.70. The number of para-hydroxylation sites is 2. The van der Waals surface area contributed by atoms with E-state index in [1.54, 1.807) is 36.4 Å². The fourth-order valence-corrected chi connectivity index (χ4v) is 4.16. The Balaban J connectivity index is 1.78. The van der Waals surface area contributed by atoms with E-state index in [9.17, 15) is 4.79 Å². The largest absolute Gasteiger partial charge is 0.495 e. The van der Waals surface area contributed by atoms with Crippen LogP contribution in [0.15, 0.2) is 40.2 Å². The van der Waals surface area contributed by atoms with Gasteiger partial charge < -0.3 is 9.64 Å². The van der Waals surface area contributed by atoms with Crippen LogP contribution in [0.5, 0.6) is 5.75 Å². The van der Waals surface area contributed by atoms with Crippen LogP contribution in [0.3, 0.4) is 0 Å². The summed E-state index contributed by atoms with van der Waals surface area (Å²) in [6.07, 6.45) is 2.60. The number of nitrogens with zero attached hydrogens (tertiary/aromatic N) is 2. The quantitative estimate of drug-likeness (QED) is 0.870. The molecule has 1 atom stereocenters. The number of thioether (sulfide) groups is 1. The molecule has 0 N–H and O–H groups in total. The highest BCUT2D eigenvalue weighted by molar-refractivity contribution is 8.02. The summed E-state index contributed by atoms with van der Waals surface area (Å²) in [7, 11) is 1.63. The van der Waals surface area contributed by atoms with E-state index in [1.165, 1.54) is 0 Å². The zero-order valence-corrected chi connectivity index (χ0v) is 12.6. The Bertz CT molecular complexity index is 601. The van der Waals surface area contributed by atoms with Gasteiger partial charge in [0.25, 0.3) is 0 Å². The molecule has 0 saturated carbocycles. The molecule has 104 valence electrons. The molecule has 6 heteroatoms. The number of carbonyl (C=O) groups excluding carboxylic acids is 1. The highest BCUT2D eigenvalue weighted by atomic mass is 32.2. The first-order valence-electron chi connectivity index (χ1n) is 6.30. The van der Waals surface area contributed by atoms with E-state index in [0.29, 0.717) is 0 Å². The Labute approximate surface area is 125 Å². The summed E-state index contributed by atoms with van der Waals surface area (Å²) < 4.78 is 6.29. The van der Waals surface area contributed by atoms with E-state index in [-0.39, 0.29) is 11.2 Å². The first-order valence-corrected chi connectivity index (χ1v) is 8.06. The molecule has 0 bridgehead atoms. The summed E-state index contributed by atoms with van der Waals surface area (Å²) in [5.41, 5.74) is 0.849. The molecule has 0 radical (unpaired) electrons. The zero-order chi connectivity index (χ0) is 13.9. The van der Waals surface area contributed by atoms with Gasteiger partial charge >= 0.3 is 0 Å². The number of rotatable bonds is 4. The van der Waals surface area contributed by atoms with Crippen LogP contribution < -0.4 is 9.64 Å².